The molecule has 22 heteroatoms. The van der Waals surface area contributed by atoms with Crippen LogP contribution in [0, 0.1) is 21.4 Å². The van der Waals surface area contributed by atoms with Gasteiger partial charge in [0, 0.05) is 130 Å². The number of nitro groups is 1. The van der Waals surface area contributed by atoms with Crippen LogP contribution in [0.2, 0.25) is 5.02 Å². The molecule has 4 amide bonds. The lowest BCUT2D eigenvalue weighted by Gasteiger charge is -2.45. The fourth-order valence-corrected chi connectivity index (χ4v) is 14.8. The molecule has 1 saturated carbocycles. The monoisotopic (exact) mass is 1220 g/mol. The Morgan fingerprint density at radius 2 is 1.68 bits per heavy atom. The Bertz CT molecular complexity index is 3800. The van der Waals surface area contributed by atoms with Crippen LogP contribution in [0.4, 0.5) is 17.1 Å². The Labute approximate surface area is 511 Å². The first-order chi connectivity index (χ1) is 41.8. The lowest BCUT2D eigenvalue weighted by atomic mass is 9.72. The minimum absolute atomic E-state index is 0.0496. The van der Waals surface area contributed by atoms with Crippen molar-refractivity contribution in [3.63, 3.8) is 0 Å². The Morgan fingerprint density at radius 1 is 0.885 bits per heavy atom. The zero-order valence-electron chi connectivity index (χ0n) is 49.4. The van der Waals surface area contributed by atoms with Gasteiger partial charge in [-0.1, -0.05) is 55.3 Å². The van der Waals surface area contributed by atoms with Gasteiger partial charge in [0.2, 0.25) is 11.8 Å². The minimum Gasteiger partial charge on any atom is -0.455 e. The highest BCUT2D eigenvalue weighted by molar-refractivity contribution is 7.90. The van der Waals surface area contributed by atoms with Crippen LogP contribution >= 0.6 is 11.6 Å². The van der Waals surface area contributed by atoms with Gasteiger partial charge in [-0.15, -0.1) is 0 Å². The second-order valence-electron chi connectivity index (χ2n) is 25.2. The summed E-state index contributed by atoms with van der Waals surface area (Å²) in [6, 6.07) is 26.5. The minimum atomic E-state index is -4.63. The molecule has 2 atom stereocenters. The number of aromatic amines is 1. The van der Waals surface area contributed by atoms with E-state index in [0.717, 1.165) is 124 Å². The number of benzene rings is 4. The maximum absolute atomic E-state index is 14.2. The van der Waals surface area contributed by atoms with Gasteiger partial charge in [-0.05, 0) is 146 Å². The highest BCUT2D eigenvalue weighted by atomic mass is 35.5. The van der Waals surface area contributed by atoms with Crippen molar-refractivity contribution < 1.29 is 37.3 Å². The van der Waals surface area contributed by atoms with Crippen LogP contribution in [0.1, 0.15) is 116 Å². The molecule has 0 spiro atoms. The van der Waals surface area contributed by atoms with Crippen LogP contribution in [0.15, 0.2) is 114 Å². The second-order valence-corrected chi connectivity index (χ2v) is 27.3. The number of carbonyl (C=O) groups excluding carboxylic acids is 4. The number of anilines is 2. The first-order valence-electron chi connectivity index (χ1n) is 30.3. The van der Waals surface area contributed by atoms with Gasteiger partial charge in [-0.3, -0.25) is 49.3 Å². The number of nitrogens with one attached hydrogen (secondary N) is 4. The van der Waals surface area contributed by atoms with E-state index in [2.05, 4.69) is 83.9 Å². The number of nitrogens with zero attached hydrogens (tertiary/aromatic N) is 7. The number of rotatable bonds is 17. The average molecular weight is 1220 g/mol. The van der Waals surface area contributed by atoms with E-state index in [-0.39, 0.29) is 46.6 Å². The summed E-state index contributed by atoms with van der Waals surface area (Å²) in [7, 11) is -4.63. The Kier molecular flexibility index (Phi) is 17.0. The Hall–Kier alpha value is -7.69. The SMILES string of the molecule is C[C@H]1CN([C@H]2CC[C@H](CNc3ccc(S(=O)(=O)NC(=O)c4ccc(N5CCN(CC6=C(c7ccc(Cl)cc7)CC(C)(C)CC6)CC5)cc4Oc4cnc5[nH]ccc5c4)cc3[N+](=O)[O-])CC2)CCN1Cc1ccc2c(c1)CN(C1CCC(=O)NC1=O)C2=O. The van der Waals surface area contributed by atoms with E-state index in [0.29, 0.717) is 61.6 Å². The summed E-state index contributed by atoms with van der Waals surface area (Å²) in [5, 5.41) is 19.7. The Balaban J connectivity index is 0.651. The summed E-state index contributed by atoms with van der Waals surface area (Å²) in [5.41, 5.74) is 8.08. The van der Waals surface area contributed by atoms with Crippen molar-refractivity contribution in [3.05, 3.63) is 152 Å². The van der Waals surface area contributed by atoms with Crippen molar-refractivity contribution in [2.24, 2.45) is 11.3 Å². The molecule has 12 rings (SSSR count). The number of aromatic nitrogens is 2. The molecule has 0 bridgehead atoms. The largest absolute Gasteiger partial charge is 0.455 e. The quantitative estimate of drug-likeness (QED) is 0.0378. The smallest absolute Gasteiger partial charge is 0.293 e. The van der Waals surface area contributed by atoms with Gasteiger partial charge in [0.1, 0.15) is 28.9 Å². The average Bonchev–Trinajstić information content (AvgIpc) is 2.61. The standard InChI is InChI=1S/C65H74ClN11O9S/c1-41-37-75(29-28-74(41)38-43-6-15-53-47(30-43)40-76(64(53)81)57-18-19-60(78)70-63(57)80)49-11-4-42(5-12-49)35-68-56-17-14-52(33-58(56)77(82)83)87(84,85)71-62(79)54-16-13-50(32-59(54)86-51-31-45-21-23-67-61(45)69-36-51)73-26-24-72(25-27-73)39-46-20-22-65(2,3)34-55(46)44-7-9-48(66)10-8-44/h6-10,13-17,21,23,30-33,36,41-42,49,57,68H,4-5,11-12,18-20,22,24-29,34-35,37-40H2,1-3H3,(H,67,69)(H,71,79)(H,70,78,80)/t41-,42-,49-,57?/m0/s1. The first kappa shape index (κ1) is 59.6. The zero-order chi connectivity index (χ0) is 60.7. The molecule has 2 aliphatic carbocycles. The third kappa shape index (κ3) is 13.3. The van der Waals surface area contributed by atoms with Gasteiger partial charge in [0.15, 0.2) is 0 Å². The van der Waals surface area contributed by atoms with Crippen LogP contribution in [-0.2, 0) is 32.7 Å². The van der Waals surface area contributed by atoms with E-state index >= 15 is 0 Å². The van der Waals surface area contributed by atoms with E-state index < -0.39 is 43.4 Å². The van der Waals surface area contributed by atoms with Crippen LogP contribution in [-0.4, -0.2) is 144 Å². The van der Waals surface area contributed by atoms with Gasteiger partial charge in [0.05, 0.1) is 21.6 Å². The number of carbonyl (C=O) groups is 4. The van der Waals surface area contributed by atoms with Gasteiger partial charge in [-0.25, -0.2) is 18.1 Å². The molecular weight excluding hydrogens is 1150 g/mol. The van der Waals surface area contributed by atoms with E-state index in [4.69, 9.17) is 16.3 Å². The molecule has 6 aromatic rings. The fraction of sp³-hybridized carbons (Fsp3) is 0.431. The summed E-state index contributed by atoms with van der Waals surface area (Å²) < 4.78 is 36.6. The van der Waals surface area contributed by atoms with E-state index in [1.165, 1.54) is 35.0 Å². The molecule has 456 valence electrons. The molecule has 4 aromatic carbocycles. The number of halogens is 1. The topological polar surface area (TPSA) is 236 Å². The number of piperazine rings is 2. The second kappa shape index (κ2) is 24.8. The van der Waals surface area contributed by atoms with Gasteiger partial charge >= 0.3 is 0 Å². The fourth-order valence-electron chi connectivity index (χ4n) is 13.7. The third-order valence-electron chi connectivity index (χ3n) is 18.7. The van der Waals surface area contributed by atoms with Crippen LogP contribution in [0.5, 0.6) is 11.5 Å². The van der Waals surface area contributed by atoms with E-state index in [9.17, 15) is 37.7 Å². The van der Waals surface area contributed by atoms with Crippen molar-refractivity contribution in [2.45, 2.75) is 115 Å². The van der Waals surface area contributed by atoms with Crippen LogP contribution < -0.4 is 25.0 Å². The maximum atomic E-state index is 14.2. The predicted molar refractivity (Wildman–Crippen MR) is 333 cm³/mol. The number of nitro benzene ring substituents is 1. The number of hydrogen-bond donors (Lipinski definition) is 4. The Morgan fingerprint density at radius 3 is 2.44 bits per heavy atom. The molecule has 4 fully saturated rings. The molecule has 4 aliphatic heterocycles. The highest BCUT2D eigenvalue weighted by Crippen LogP contribution is 2.44. The van der Waals surface area contributed by atoms with Crippen molar-refractivity contribution >= 4 is 78.9 Å². The lowest BCUT2D eigenvalue weighted by molar-refractivity contribution is -0.384. The van der Waals surface area contributed by atoms with Crippen molar-refractivity contribution in [1.29, 1.82) is 0 Å². The summed E-state index contributed by atoms with van der Waals surface area (Å²) in [4.78, 5) is 82.1. The summed E-state index contributed by atoms with van der Waals surface area (Å²) in [6.45, 7) is 15.1. The van der Waals surface area contributed by atoms with Crippen LogP contribution in [0.25, 0.3) is 16.6 Å². The number of H-pyrrole nitrogens is 1. The molecule has 3 saturated heterocycles. The summed E-state index contributed by atoms with van der Waals surface area (Å²) >= 11 is 6.28. The molecule has 0 radical (unpaired) electrons. The van der Waals surface area contributed by atoms with Crippen molar-refractivity contribution in [2.75, 3.05) is 69.1 Å². The molecular formula is C65H74ClN11O9S. The predicted octanol–water partition coefficient (Wildman–Crippen LogP) is 9.76. The number of piperidine rings is 1. The zero-order valence-corrected chi connectivity index (χ0v) is 50.9. The lowest BCUT2D eigenvalue weighted by Crippen LogP contribution is -2.55. The van der Waals surface area contributed by atoms with Gasteiger partial charge in [-0.2, -0.15) is 0 Å². The van der Waals surface area contributed by atoms with Crippen LogP contribution in [0.3, 0.4) is 0 Å². The van der Waals surface area contributed by atoms with Crippen molar-refractivity contribution in [1.82, 2.24) is 39.6 Å². The number of allylic oxidation sites excluding steroid dienone is 1. The van der Waals surface area contributed by atoms with E-state index in [1.807, 2.05) is 30.3 Å². The summed E-state index contributed by atoms with van der Waals surface area (Å²) in [5.74, 6) is -1.16. The third-order valence-corrected chi connectivity index (χ3v) is 20.3. The maximum Gasteiger partial charge on any atom is 0.293 e. The highest BCUT2D eigenvalue weighted by Gasteiger charge is 2.40. The molecule has 2 aromatic heterocycles. The number of ether oxygens (including phenoxy) is 1. The number of sulfonamides is 1. The summed E-state index contributed by atoms with van der Waals surface area (Å²) in [6.07, 6.45) is 10.8. The molecule has 20 nitrogen and oxygen atoms in total. The van der Waals surface area contributed by atoms with Crippen molar-refractivity contribution in [3.8, 4) is 11.5 Å². The molecule has 4 N–H and O–H groups in total. The number of hydrogen-bond acceptors (Lipinski definition) is 15. The first-order valence-corrected chi connectivity index (χ1v) is 32.2. The van der Waals surface area contributed by atoms with E-state index in [1.54, 1.807) is 35.4 Å². The van der Waals surface area contributed by atoms with Gasteiger partial charge in [0.25, 0.3) is 27.5 Å². The normalized spacial score (nSPS) is 22.3. The number of fused-ring (bicyclic) bond motifs is 2. The van der Waals surface area contributed by atoms with Gasteiger partial charge < -0.3 is 24.8 Å². The molecule has 6 aliphatic rings. The number of amides is 4. The number of pyridine rings is 1. The molecule has 1 unspecified atom stereocenters. The molecule has 87 heavy (non-hydrogen) atoms. The molecule has 6 heterocycles. The number of imide groups is 1.